The average Bonchev–Trinajstić information content (AvgIpc) is 3.03. The number of carbonyl (C=O) groups is 1. The normalized spacial score (nSPS) is 21.0. The summed E-state index contributed by atoms with van der Waals surface area (Å²) in [7, 11) is 0. The van der Waals surface area contributed by atoms with Gasteiger partial charge in [0, 0.05) is 18.0 Å². The first kappa shape index (κ1) is 15.9. The van der Waals surface area contributed by atoms with Crippen molar-refractivity contribution in [2.75, 3.05) is 18.0 Å². The largest absolute Gasteiger partial charge is 0.334 e. The van der Waals surface area contributed by atoms with Gasteiger partial charge in [0.2, 0.25) is 0 Å². The van der Waals surface area contributed by atoms with E-state index in [-0.39, 0.29) is 5.91 Å². The Hall–Kier alpha value is -0.980. The Balaban J connectivity index is 1.94. The van der Waals surface area contributed by atoms with Crippen LogP contribution in [0.25, 0.3) is 0 Å². The van der Waals surface area contributed by atoms with Crippen LogP contribution in [0.3, 0.4) is 0 Å². The number of rotatable bonds is 4. The molecule has 22 heavy (non-hydrogen) atoms. The zero-order valence-electron chi connectivity index (χ0n) is 12.7. The van der Waals surface area contributed by atoms with Gasteiger partial charge in [0.05, 0.1) is 5.69 Å². The maximum Gasteiger partial charge on any atom is 0.268 e. The minimum Gasteiger partial charge on any atom is -0.334 e. The van der Waals surface area contributed by atoms with Crippen LogP contribution >= 0.6 is 35.7 Å². The lowest BCUT2D eigenvalue weighted by Crippen LogP contribution is -2.29. The van der Waals surface area contributed by atoms with Gasteiger partial charge >= 0.3 is 0 Å². The molecule has 116 valence electrons. The molecule has 1 fully saturated rings. The summed E-state index contributed by atoms with van der Waals surface area (Å²) in [5.74, 6) is 0.0669. The fourth-order valence-electron chi connectivity index (χ4n) is 2.55. The van der Waals surface area contributed by atoms with Crippen molar-refractivity contribution in [2.45, 2.75) is 31.6 Å². The molecule has 0 N–H and O–H groups in total. The predicted molar refractivity (Wildman–Crippen MR) is 99.2 cm³/mol. The molecule has 1 aromatic rings. The van der Waals surface area contributed by atoms with Gasteiger partial charge in [-0.3, -0.25) is 9.69 Å². The van der Waals surface area contributed by atoms with Crippen molar-refractivity contribution in [1.29, 1.82) is 0 Å². The van der Waals surface area contributed by atoms with Crippen LogP contribution in [0.1, 0.15) is 26.7 Å². The Labute approximate surface area is 145 Å². The average molecular weight is 351 g/mol. The molecule has 0 spiro atoms. The van der Waals surface area contributed by atoms with Crippen molar-refractivity contribution < 1.29 is 4.79 Å². The first-order valence-electron chi connectivity index (χ1n) is 7.49. The van der Waals surface area contributed by atoms with Gasteiger partial charge in [0.1, 0.15) is 14.3 Å². The van der Waals surface area contributed by atoms with E-state index < -0.39 is 0 Å². The smallest absolute Gasteiger partial charge is 0.268 e. The fraction of sp³-hybridized carbons (Fsp3) is 0.375. The van der Waals surface area contributed by atoms with E-state index in [1.165, 1.54) is 22.3 Å². The SMILES string of the molecule is CCCCN1C(=O)/C(=C2/Sc3ccccc3N2CC)SC1=S. The van der Waals surface area contributed by atoms with Crippen LogP contribution < -0.4 is 4.90 Å². The van der Waals surface area contributed by atoms with Gasteiger partial charge in [-0.25, -0.2) is 0 Å². The Morgan fingerprint density at radius 1 is 1.14 bits per heavy atom. The summed E-state index contributed by atoms with van der Waals surface area (Å²) in [6.07, 6.45) is 2.05. The summed E-state index contributed by atoms with van der Waals surface area (Å²) >= 11 is 8.53. The second-order valence-electron chi connectivity index (χ2n) is 5.13. The first-order valence-corrected chi connectivity index (χ1v) is 9.53. The highest BCUT2D eigenvalue weighted by atomic mass is 32.2. The van der Waals surface area contributed by atoms with Crippen molar-refractivity contribution in [1.82, 2.24) is 4.90 Å². The number of amides is 1. The molecule has 0 saturated carbocycles. The molecule has 3 nitrogen and oxygen atoms in total. The highest BCUT2D eigenvalue weighted by molar-refractivity contribution is 8.27. The highest BCUT2D eigenvalue weighted by Gasteiger charge is 2.38. The number of benzene rings is 1. The van der Waals surface area contributed by atoms with E-state index in [0.29, 0.717) is 4.32 Å². The lowest BCUT2D eigenvalue weighted by Gasteiger charge is -2.19. The van der Waals surface area contributed by atoms with Gasteiger partial charge in [-0.1, -0.05) is 61.2 Å². The second-order valence-corrected chi connectivity index (χ2v) is 7.80. The Morgan fingerprint density at radius 3 is 2.64 bits per heavy atom. The second kappa shape index (κ2) is 6.64. The third kappa shape index (κ3) is 2.68. The molecule has 0 unspecified atom stereocenters. The van der Waals surface area contributed by atoms with E-state index in [0.717, 1.165) is 35.9 Å². The Kier molecular flexibility index (Phi) is 4.80. The molecule has 3 rings (SSSR count). The zero-order chi connectivity index (χ0) is 15.7. The lowest BCUT2D eigenvalue weighted by molar-refractivity contribution is -0.122. The summed E-state index contributed by atoms with van der Waals surface area (Å²) in [5, 5.41) is 1.03. The van der Waals surface area contributed by atoms with Crippen molar-refractivity contribution in [3.8, 4) is 0 Å². The van der Waals surface area contributed by atoms with Crippen LogP contribution in [0.4, 0.5) is 5.69 Å². The molecular weight excluding hydrogens is 332 g/mol. The minimum atomic E-state index is 0.0669. The fourth-order valence-corrected chi connectivity index (χ4v) is 5.24. The van der Waals surface area contributed by atoms with Crippen molar-refractivity contribution >= 4 is 51.7 Å². The standard InChI is InChI=1S/C16H18N2OS3/c1-3-5-10-18-14(19)13(22-16(18)20)15-17(4-2)11-8-6-7-9-12(11)21-15/h6-9H,3-5,10H2,1-2H3/b15-13-. The number of thioether (sulfide) groups is 2. The molecule has 2 heterocycles. The number of fused-ring (bicyclic) bond motifs is 1. The van der Waals surface area contributed by atoms with Crippen LogP contribution in [-0.2, 0) is 4.79 Å². The molecule has 0 bridgehead atoms. The Morgan fingerprint density at radius 2 is 1.91 bits per heavy atom. The molecular formula is C16H18N2OS3. The summed E-state index contributed by atoms with van der Waals surface area (Å²) in [5.41, 5.74) is 1.18. The van der Waals surface area contributed by atoms with Crippen molar-refractivity contribution in [3.05, 3.63) is 34.2 Å². The Bertz CT molecular complexity index is 657. The molecule has 0 aliphatic carbocycles. The van der Waals surface area contributed by atoms with Crippen molar-refractivity contribution in [2.24, 2.45) is 0 Å². The molecule has 0 radical (unpaired) electrons. The van der Waals surface area contributed by atoms with Gasteiger partial charge in [0.25, 0.3) is 5.91 Å². The maximum atomic E-state index is 12.7. The van der Waals surface area contributed by atoms with E-state index in [1.807, 2.05) is 12.1 Å². The van der Waals surface area contributed by atoms with E-state index >= 15 is 0 Å². The quantitative estimate of drug-likeness (QED) is 0.590. The number of anilines is 1. The summed E-state index contributed by atoms with van der Waals surface area (Å²) in [6, 6.07) is 8.29. The molecule has 1 amide bonds. The zero-order valence-corrected chi connectivity index (χ0v) is 15.1. The monoisotopic (exact) mass is 350 g/mol. The summed E-state index contributed by atoms with van der Waals surface area (Å²) in [6.45, 7) is 5.80. The molecule has 2 aliphatic heterocycles. The van der Waals surface area contributed by atoms with Gasteiger partial charge in [-0.2, -0.15) is 0 Å². The van der Waals surface area contributed by atoms with Crippen LogP contribution in [0.2, 0.25) is 0 Å². The van der Waals surface area contributed by atoms with E-state index in [2.05, 4.69) is 30.9 Å². The number of carbonyl (C=O) groups excluding carboxylic acids is 1. The summed E-state index contributed by atoms with van der Waals surface area (Å²) < 4.78 is 0.688. The first-order chi connectivity index (χ1) is 10.7. The van der Waals surface area contributed by atoms with Crippen LogP contribution in [0.5, 0.6) is 0 Å². The number of hydrogen-bond acceptors (Lipinski definition) is 5. The van der Waals surface area contributed by atoms with Crippen LogP contribution in [0.15, 0.2) is 39.1 Å². The van der Waals surface area contributed by atoms with Gasteiger partial charge in [-0.05, 0) is 25.5 Å². The third-order valence-electron chi connectivity index (χ3n) is 3.70. The van der Waals surface area contributed by atoms with Crippen molar-refractivity contribution in [3.63, 3.8) is 0 Å². The molecule has 2 aliphatic rings. The molecule has 0 aromatic heterocycles. The summed E-state index contributed by atoms with van der Waals surface area (Å²) in [4.78, 5) is 18.7. The number of nitrogens with zero attached hydrogens (tertiary/aromatic N) is 2. The molecule has 0 atom stereocenters. The topological polar surface area (TPSA) is 23.6 Å². The van der Waals surface area contributed by atoms with E-state index in [4.69, 9.17) is 12.2 Å². The van der Waals surface area contributed by atoms with Gasteiger partial charge in [0.15, 0.2) is 0 Å². The number of hydrogen-bond donors (Lipinski definition) is 0. The van der Waals surface area contributed by atoms with Crippen LogP contribution in [0, 0.1) is 0 Å². The predicted octanol–water partition coefficient (Wildman–Crippen LogP) is 4.45. The molecule has 1 aromatic carbocycles. The number of unbranched alkanes of at least 4 members (excludes halogenated alkanes) is 1. The van der Waals surface area contributed by atoms with E-state index in [1.54, 1.807) is 16.7 Å². The highest BCUT2D eigenvalue weighted by Crippen LogP contribution is 2.50. The maximum absolute atomic E-state index is 12.7. The number of para-hydroxylation sites is 1. The minimum absolute atomic E-state index is 0.0669. The number of thiocarbonyl (C=S) groups is 1. The van der Waals surface area contributed by atoms with Crippen LogP contribution in [-0.4, -0.2) is 28.2 Å². The molecule has 1 saturated heterocycles. The van der Waals surface area contributed by atoms with E-state index in [9.17, 15) is 4.79 Å². The van der Waals surface area contributed by atoms with Gasteiger partial charge < -0.3 is 4.90 Å². The van der Waals surface area contributed by atoms with Gasteiger partial charge in [-0.15, -0.1) is 0 Å². The lowest BCUT2D eigenvalue weighted by atomic mass is 10.3. The molecule has 6 heteroatoms. The third-order valence-corrected chi connectivity index (χ3v) is 6.45.